The molecule has 1 aliphatic rings. The summed E-state index contributed by atoms with van der Waals surface area (Å²) in [6.45, 7) is 8.20. The van der Waals surface area contributed by atoms with E-state index in [0.717, 1.165) is 25.3 Å². The van der Waals surface area contributed by atoms with E-state index in [1.54, 1.807) is 6.07 Å². The zero-order valence-electron chi connectivity index (χ0n) is 18.6. The highest BCUT2D eigenvalue weighted by atomic mass is 19.1. The number of phenols is 1. The Morgan fingerprint density at radius 2 is 1.91 bits per heavy atom. The Balaban J connectivity index is 1.54. The Hall–Kier alpha value is -3.33. The molecule has 3 aromatic rings. The normalized spacial score (nSPS) is 16.4. The third kappa shape index (κ3) is 4.77. The van der Waals surface area contributed by atoms with E-state index in [4.69, 9.17) is 4.74 Å². The predicted octanol–water partition coefficient (Wildman–Crippen LogP) is 3.42. The number of nitrogens with zero attached hydrogens (tertiary/aromatic N) is 5. The summed E-state index contributed by atoms with van der Waals surface area (Å²) < 4.78 is 19.9. The third-order valence-electron chi connectivity index (χ3n) is 5.29. The van der Waals surface area contributed by atoms with Crippen molar-refractivity contribution in [1.29, 1.82) is 0 Å². The van der Waals surface area contributed by atoms with E-state index in [-0.39, 0.29) is 22.4 Å². The lowest BCUT2D eigenvalue weighted by Gasteiger charge is -2.26. The number of phenolic OH excluding ortho intramolecular Hbond substituents is 1. The molecule has 0 amide bonds. The number of benzene rings is 1. The molecular weight excluding hydrogens is 411 g/mol. The van der Waals surface area contributed by atoms with E-state index in [2.05, 4.69) is 51.2 Å². The van der Waals surface area contributed by atoms with Crippen molar-refractivity contribution in [1.82, 2.24) is 25.5 Å². The molecule has 1 fully saturated rings. The molecule has 2 N–H and O–H groups in total. The number of methoxy groups -OCH3 is 1. The monoisotopic (exact) mass is 438 g/mol. The van der Waals surface area contributed by atoms with Crippen LogP contribution in [0, 0.1) is 5.82 Å². The summed E-state index contributed by atoms with van der Waals surface area (Å²) in [5.41, 5.74) is 1.16. The maximum atomic E-state index is 14.9. The SMILES string of the molecule is COc1cc(-c2cc(O)c(-c3ccc(N4CC[C@H](NC(C)(C)C)C4)nn3)cc2F)ncn1. The Labute approximate surface area is 186 Å². The molecular formula is C23H27FN6O2. The van der Waals surface area contributed by atoms with Gasteiger partial charge in [-0.2, -0.15) is 0 Å². The fourth-order valence-electron chi connectivity index (χ4n) is 3.90. The van der Waals surface area contributed by atoms with Gasteiger partial charge in [0.1, 0.15) is 17.9 Å². The van der Waals surface area contributed by atoms with Crippen LogP contribution in [-0.4, -0.2) is 57.1 Å². The second-order valence-corrected chi connectivity index (χ2v) is 8.90. The van der Waals surface area contributed by atoms with Gasteiger partial charge >= 0.3 is 0 Å². The van der Waals surface area contributed by atoms with E-state index in [1.807, 2.05) is 6.07 Å². The minimum absolute atomic E-state index is 0.0564. The van der Waals surface area contributed by atoms with Crippen LogP contribution in [0.5, 0.6) is 11.6 Å². The summed E-state index contributed by atoms with van der Waals surface area (Å²) in [5, 5.41) is 22.7. The Bertz CT molecular complexity index is 1100. The van der Waals surface area contributed by atoms with Crippen molar-refractivity contribution in [3.8, 4) is 34.1 Å². The molecule has 3 heterocycles. The molecule has 32 heavy (non-hydrogen) atoms. The molecule has 0 saturated carbocycles. The Kier molecular flexibility index (Phi) is 5.92. The van der Waals surface area contributed by atoms with Gasteiger partial charge in [0.15, 0.2) is 5.82 Å². The summed E-state index contributed by atoms with van der Waals surface area (Å²) in [5.74, 6) is 0.412. The first kappa shape index (κ1) is 21.9. The van der Waals surface area contributed by atoms with Gasteiger partial charge < -0.3 is 20.1 Å². The zero-order valence-corrected chi connectivity index (χ0v) is 18.6. The minimum Gasteiger partial charge on any atom is -0.507 e. The van der Waals surface area contributed by atoms with Crippen LogP contribution in [0.15, 0.2) is 36.7 Å². The summed E-state index contributed by atoms with van der Waals surface area (Å²) in [6, 6.07) is 8.05. The minimum atomic E-state index is -0.542. The molecule has 2 aromatic heterocycles. The van der Waals surface area contributed by atoms with E-state index < -0.39 is 5.82 Å². The average molecular weight is 439 g/mol. The van der Waals surface area contributed by atoms with Gasteiger partial charge in [0.25, 0.3) is 0 Å². The number of aromatic hydroxyl groups is 1. The summed E-state index contributed by atoms with van der Waals surface area (Å²) in [7, 11) is 1.47. The van der Waals surface area contributed by atoms with Crippen LogP contribution >= 0.6 is 0 Å². The van der Waals surface area contributed by atoms with Crippen LogP contribution in [0.4, 0.5) is 10.2 Å². The molecule has 1 aromatic carbocycles. The Morgan fingerprint density at radius 1 is 1.09 bits per heavy atom. The molecule has 1 aliphatic heterocycles. The second-order valence-electron chi connectivity index (χ2n) is 8.90. The first-order valence-electron chi connectivity index (χ1n) is 10.5. The molecule has 4 rings (SSSR count). The van der Waals surface area contributed by atoms with Crippen LogP contribution in [0.1, 0.15) is 27.2 Å². The molecule has 0 unspecified atom stereocenters. The first-order valence-corrected chi connectivity index (χ1v) is 10.5. The first-order chi connectivity index (χ1) is 15.2. The van der Waals surface area contributed by atoms with E-state index >= 15 is 0 Å². The zero-order chi connectivity index (χ0) is 22.9. The van der Waals surface area contributed by atoms with Gasteiger partial charge in [-0.15, -0.1) is 10.2 Å². The molecule has 1 atom stereocenters. The van der Waals surface area contributed by atoms with Gasteiger partial charge in [0, 0.05) is 41.9 Å². The number of rotatable bonds is 5. The lowest BCUT2D eigenvalue weighted by molar-refractivity contribution is 0.373. The van der Waals surface area contributed by atoms with Crippen molar-refractivity contribution in [3.63, 3.8) is 0 Å². The predicted molar refractivity (Wildman–Crippen MR) is 120 cm³/mol. The molecule has 9 heteroatoms. The van der Waals surface area contributed by atoms with Gasteiger partial charge in [-0.1, -0.05) is 0 Å². The van der Waals surface area contributed by atoms with Gasteiger partial charge in [0.05, 0.1) is 18.5 Å². The molecule has 0 bridgehead atoms. The molecule has 168 valence electrons. The van der Waals surface area contributed by atoms with Crippen LogP contribution in [0.3, 0.4) is 0 Å². The highest BCUT2D eigenvalue weighted by Crippen LogP contribution is 2.35. The van der Waals surface area contributed by atoms with Gasteiger partial charge in [-0.3, -0.25) is 0 Å². The number of nitrogens with one attached hydrogen (secondary N) is 1. The number of anilines is 1. The lowest BCUT2D eigenvalue weighted by atomic mass is 10.0. The number of hydrogen-bond acceptors (Lipinski definition) is 8. The topological polar surface area (TPSA) is 96.3 Å². The van der Waals surface area contributed by atoms with Gasteiger partial charge in [-0.25, -0.2) is 14.4 Å². The number of aromatic nitrogens is 4. The quantitative estimate of drug-likeness (QED) is 0.626. The maximum Gasteiger partial charge on any atom is 0.216 e. The van der Waals surface area contributed by atoms with Crippen molar-refractivity contribution in [2.75, 3.05) is 25.1 Å². The van der Waals surface area contributed by atoms with E-state index in [1.165, 1.54) is 31.6 Å². The van der Waals surface area contributed by atoms with Crippen molar-refractivity contribution in [3.05, 3.63) is 42.5 Å². The van der Waals surface area contributed by atoms with Crippen molar-refractivity contribution < 1.29 is 14.2 Å². The molecule has 0 spiro atoms. The van der Waals surface area contributed by atoms with Crippen molar-refractivity contribution in [2.24, 2.45) is 0 Å². The smallest absolute Gasteiger partial charge is 0.216 e. The number of ether oxygens (including phenoxy) is 1. The lowest BCUT2D eigenvalue weighted by Crippen LogP contribution is -2.45. The van der Waals surface area contributed by atoms with E-state index in [9.17, 15) is 9.50 Å². The molecule has 1 saturated heterocycles. The van der Waals surface area contributed by atoms with Gasteiger partial charge in [-0.05, 0) is 51.5 Å². The van der Waals surface area contributed by atoms with Crippen LogP contribution in [-0.2, 0) is 0 Å². The standard InChI is InChI=1S/C23H27FN6O2/c1-23(2,3)27-14-7-8-30(12-14)21-6-5-18(28-29-21)16-9-17(24)15(10-20(16)31)19-11-22(32-4)26-13-25-19/h5-6,9-11,13-14,27,31H,7-8,12H2,1-4H3/t14-/m0/s1. The van der Waals surface area contributed by atoms with Crippen LogP contribution in [0.25, 0.3) is 22.5 Å². The van der Waals surface area contributed by atoms with E-state index in [0.29, 0.717) is 23.3 Å². The van der Waals surface area contributed by atoms with Crippen molar-refractivity contribution >= 4 is 5.82 Å². The fourth-order valence-corrected chi connectivity index (χ4v) is 3.90. The van der Waals surface area contributed by atoms with Crippen LogP contribution in [0.2, 0.25) is 0 Å². The summed E-state index contributed by atoms with van der Waals surface area (Å²) >= 11 is 0. The maximum absolute atomic E-state index is 14.9. The van der Waals surface area contributed by atoms with Crippen LogP contribution < -0.4 is 15.0 Å². The third-order valence-corrected chi connectivity index (χ3v) is 5.29. The molecule has 0 radical (unpaired) electrons. The highest BCUT2D eigenvalue weighted by molar-refractivity contribution is 5.74. The van der Waals surface area contributed by atoms with Gasteiger partial charge in [0.2, 0.25) is 5.88 Å². The highest BCUT2D eigenvalue weighted by Gasteiger charge is 2.27. The summed E-state index contributed by atoms with van der Waals surface area (Å²) in [6.07, 6.45) is 2.31. The van der Waals surface area contributed by atoms with Crippen molar-refractivity contribution in [2.45, 2.75) is 38.8 Å². The summed E-state index contributed by atoms with van der Waals surface area (Å²) in [4.78, 5) is 10.2. The largest absolute Gasteiger partial charge is 0.507 e. The molecule has 0 aliphatic carbocycles. The Morgan fingerprint density at radius 3 is 2.59 bits per heavy atom. The molecule has 8 nitrogen and oxygen atoms in total. The fraction of sp³-hybridized carbons (Fsp3) is 0.391. The average Bonchev–Trinajstić information content (AvgIpc) is 3.22. The second kappa shape index (κ2) is 8.66. The number of halogens is 1. The number of hydrogen-bond donors (Lipinski definition) is 2.